The monoisotopic (exact) mass is 282 g/mol. The van der Waals surface area contributed by atoms with Crippen LogP contribution in [-0.4, -0.2) is 11.0 Å². The van der Waals surface area contributed by atoms with E-state index < -0.39 is 0 Å². The Morgan fingerprint density at radius 2 is 2.22 bits per heavy atom. The van der Waals surface area contributed by atoms with Crippen molar-refractivity contribution < 1.29 is 4.42 Å². The summed E-state index contributed by atoms with van der Waals surface area (Å²) in [4.78, 5) is 4.29. The Morgan fingerprint density at radius 3 is 2.78 bits per heavy atom. The molecule has 0 spiro atoms. The van der Waals surface area contributed by atoms with Gasteiger partial charge in [-0.15, -0.1) is 0 Å². The number of nitrogens with zero attached hydrogens (tertiary/aromatic N) is 1. The Hall–Kier alpha value is -0.970. The summed E-state index contributed by atoms with van der Waals surface area (Å²) in [5.74, 6) is 0. The number of benzene rings is 1. The lowest BCUT2D eigenvalue weighted by Gasteiger charge is -2.19. The first kappa shape index (κ1) is 13.5. The predicted molar refractivity (Wildman–Crippen MR) is 74.9 cm³/mol. The Morgan fingerprint density at radius 1 is 1.44 bits per heavy atom. The van der Waals surface area contributed by atoms with E-state index in [9.17, 15) is 0 Å². The van der Waals surface area contributed by atoms with Gasteiger partial charge >= 0.3 is 0 Å². The number of aryl methyl sites for hydroxylation is 1. The van der Waals surface area contributed by atoms with E-state index in [1.165, 1.54) is 11.8 Å². The number of oxazole rings is 1. The molecule has 0 bridgehead atoms. The molecule has 0 saturated heterocycles. The number of rotatable bonds is 4. The van der Waals surface area contributed by atoms with Crippen LogP contribution in [0, 0.1) is 6.92 Å². The molecule has 2 rings (SSSR count). The highest BCUT2D eigenvalue weighted by Gasteiger charge is 2.20. The third kappa shape index (κ3) is 3.28. The van der Waals surface area contributed by atoms with Crippen molar-refractivity contribution in [2.24, 2.45) is 5.73 Å². The molecule has 1 heterocycles. The fraction of sp³-hybridized carbons (Fsp3) is 0.308. The number of halogens is 1. The van der Waals surface area contributed by atoms with Crippen molar-refractivity contribution in [2.45, 2.75) is 30.4 Å². The lowest BCUT2D eigenvalue weighted by Crippen LogP contribution is -2.22. The minimum absolute atomic E-state index is 0.0272. The van der Waals surface area contributed by atoms with Crippen molar-refractivity contribution in [3.05, 3.63) is 46.8 Å². The van der Waals surface area contributed by atoms with Gasteiger partial charge in [0.05, 0.1) is 10.9 Å². The van der Waals surface area contributed by atoms with Crippen LogP contribution >= 0.6 is 23.4 Å². The number of aromatic nitrogens is 1. The van der Waals surface area contributed by atoms with E-state index in [0.717, 1.165) is 11.3 Å². The highest BCUT2D eigenvalue weighted by molar-refractivity contribution is 7.99. The van der Waals surface area contributed by atoms with Gasteiger partial charge in [0, 0.05) is 11.1 Å². The van der Waals surface area contributed by atoms with Crippen LogP contribution in [0.2, 0.25) is 5.02 Å². The molecule has 96 valence electrons. The van der Waals surface area contributed by atoms with Crippen molar-refractivity contribution in [1.82, 2.24) is 4.98 Å². The van der Waals surface area contributed by atoms with Crippen molar-refractivity contribution in [3.8, 4) is 0 Å². The largest absolute Gasteiger partial charge is 0.440 e. The molecular weight excluding hydrogens is 268 g/mol. The number of hydrogen-bond donors (Lipinski definition) is 1. The van der Waals surface area contributed by atoms with E-state index in [1.54, 1.807) is 6.26 Å². The van der Waals surface area contributed by atoms with E-state index in [-0.39, 0.29) is 11.3 Å². The molecule has 0 fully saturated rings. The van der Waals surface area contributed by atoms with Gasteiger partial charge in [-0.3, -0.25) is 0 Å². The van der Waals surface area contributed by atoms with Gasteiger partial charge in [0.1, 0.15) is 6.26 Å². The zero-order valence-electron chi connectivity index (χ0n) is 10.3. The van der Waals surface area contributed by atoms with Crippen LogP contribution < -0.4 is 5.73 Å². The van der Waals surface area contributed by atoms with E-state index in [0.29, 0.717) is 10.2 Å². The molecule has 0 saturated carbocycles. The first-order chi connectivity index (χ1) is 8.56. The zero-order valence-corrected chi connectivity index (χ0v) is 11.8. The van der Waals surface area contributed by atoms with Crippen molar-refractivity contribution in [2.75, 3.05) is 0 Å². The molecule has 0 radical (unpaired) electrons. The van der Waals surface area contributed by atoms with Gasteiger partial charge in [0.2, 0.25) is 0 Å². The van der Waals surface area contributed by atoms with E-state index in [4.69, 9.17) is 21.8 Å². The van der Waals surface area contributed by atoms with Gasteiger partial charge in [0.25, 0.3) is 5.22 Å². The second-order valence-electron chi connectivity index (χ2n) is 4.21. The fourth-order valence-electron chi connectivity index (χ4n) is 1.66. The Kier molecular flexibility index (Phi) is 4.32. The summed E-state index contributed by atoms with van der Waals surface area (Å²) in [7, 11) is 0. The average Bonchev–Trinajstić information content (AvgIpc) is 2.71. The van der Waals surface area contributed by atoms with Crippen LogP contribution in [0.15, 0.2) is 40.2 Å². The van der Waals surface area contributed by atoms with Gasteiger partial charge in [-0.05, 0) is 31.5 Å². The topological polar surface area (TPSA) is 52.0 Å². The third-order valence-electron chi connectivity index (χ3n) is 2.48. The summed E-state index contributed by atoms with van der Waals surface area (Å²) in [5.41, 5.74) is 7.99. The maximum atomic E-state index is 6.04. The Balaban J connectivity index is 2.23. The molecule has 2 atom stereocenters. The second-order valence-corrected chi connectivity index (χ2v) is 5.74. The van der Waals surface area contributed by atoms with Crippen LogP contribution in [0.5, 0.6) is 0 Å². The lowest BCUT2D eigenvalue weighted by atomic mass is 10.1. The summed E-state index contributed by atoms with van der Waals surface area (Å²) in [6, 6.07) is 7.69. The molecular formula is C13H15ClN2OS. The fourth-order valence-corrected chi connectivity index (χ4v) is 2.87. The second kappa shape index (κ2) is 5.78. The summed E-state index contributed by atoms with van der Waals surface area (Å²) < 4.78 is 5.36. The molecule has 2 unspecified atom stereocenters. The van der Waals surface area contributed by atoms with Crippen molar-refractivity contribution in [1.29, 1.82) is 0 Å². The molecule has 1 aromatic heterocycles. The minimum Gasteiger partial charge on any atom is -0.440 e. The SMILES string of the molecule is Cc1coc(SC(c2cccc(Cl)c2)C(C)N)n1. The van der Waals surface area contributed by atoms with Crippen LogP contribution in [0.25, 0.3) is 0 Å². The Labute approximate surface area is 116 Å². The number of nitrogens with two attached hydrogens (primary N) is 1. The van der Waals surface area contributed by atoms with E-state index in [1.807, 2.05) is 38.1 Å². The van der Waals surface area contributed by atoms with Crippen molar-refractivity contribution in [3.63, 3.8) is 0 Å². The minimum atomic E-state index is -0.0272. The van der Waals surface area contributed by atoms with Crippen LogP contribution in [0.1, 0.15) is 23.4 Å². The lowest BCUT2D eigenvalue weighted by molar-refractivity contribution is 0.452. The van der Waals surface area contributed by atoms with Gasteiger partial charge in [-0.25, -0.2) is 4.98 Å². The van der Waals surface area contributed by atoms with Gasteiger partial charge in [-0.1, -0.05) is 35.5 Å². The first-order valence-electron chi connectivity index (χ1n) is 5.66. The normalized spacial score (nSPS) is 14.4. The molecule has 0 aliphatic carbocycles. The van der Waals surface area contributed by atoms with Crippen LogP contribution in [-0.2, 0) is 0 Å². The van der Waals surface area contributed by atoms with E-state index in [2.05, 4.69) is 4.98 Å². The smallest absolute Gasteiger partial charge is 0.256 e. The number of hydrogen-bond acceptors (Lipinski definition) is 4. The Bertz CT molecular complexity index is 527. The standard InChI is InChI=1S/C13H15ClN2OS/c1-8-7-17-13(16-8)18-12(9(2)15)10-4-3-5-11(14)6-10/h3-7,9,12H,15H2,1-2H3. The molecule has 0 aliphatic heterocycles. The maximum absolute atomic E-state index is 6.04. The summed E-state index contributed by atoms with van der Waals surface area (Å²) in [6.45, 7) is 3.86. The molecule has 0 aliphatic rings. The highest BCUT2D eigenvalue weighted by Crippen LogP contribution is 2.37. The van der Waals surface area contributed by atoms with Gasteiger partial charge in [-0.2, -0.15) is 0 Å². The molecule has 0 amide bonds. The third-order valence-corrected chi connectivity index (χ3v) is 4.06. The highest BCUT2D eigenvalue weighted by atomic mass is 35.5. The zero-order chi connectivity index (χ0) is 13.1. The molecule has 5 heteroatoms. The van der Waals surface area contributed by atoms with Crippen LogP contribution in [0.3, 0.4) is 0 Å². The van der Waals surface area contributed by atoms with Crippen molar-refractivity contribution >= 4 is 23.4 Å². The quantitative estimate of drug-likeness (QED) is 0.866. The first-order valence-corrected chi connectivity index (χ1v) is 6.92. The van der Waals surface area contributed by atoms with Gasteiger partial charge in [0.15, 0.2) is 0 Å². The molecule has 18 heavy (non-hydrogen) atoms. The number of thioether (sulfide) groups is 1. The molecule has 3 nitrogen and oxygen atoms in total. The maximum Gasteiger partial charge on any atom is 0.256 e. The van der Waals surface area contributed by atoms with E-state index >= 15 is 0 Å². The summed E-state index contributed by atoms with van der Waals surface area (Å²) in [6.07, 6.45) is 1.64. The summed E-state index contributed by atoms with van der Waals surface area (Å²) >= 11 is 7.53. The molecule has 2 aromatic rings. The molecule has 1 aromatic carbocycles. The predicted octanol–water partition coefficient (Wildman–Crippen LogP) is 3.82. The van der Waals surface area contributed by atoms with Crippen LogP contribution in [0.4, 0.5) is 0 Å². The molecule has 2 N–H and O–H groups in total. The average molecular weight is 283 g/mol. The summed E-state index contributed by atoms with van der Waals surface area (Å²) in [5, 5.41) is 1.42. The van der Waals surface area contributed by atoms with Gasteiger partial charge < -0.3 is 10.2 Å².